The number of hydrogen-bond donors (Lipinski definition) is 1. The molecule has 0 aliphatic carbocycles. The average Bonchev–Trinajstić information content (AvgIpc) is 3.26. The van der Waals surface area contributed by atoms with E-state index in [-0.39, 0.29) is 12.3 Å². The number of Topliss-reactive ketones (excluding diaryl/α,β-unsaturated/α-hetero) is 1. The zero-order valence-corrected chi connectivity index (χ0v) is 19.9. The van der Waals surface area contributed by atoms with Crippen molar-refractivity contribution in [3.8, 4) is 11.5 Å². The van der Waals surface area contributed by atoms with Crippen molar-refractivity contribution in [3.05, 3.63) is 95.6 Å². The maximum absolute atomic E-state index is 13.6. The smallest absolute Gasteiger partial charge is 0.231 e. The molecule has 0 atom stereocenters. The fraction of sp³-hybridized carbons (Fsp3) is 0.345. The summed E-state index contributed by atoms with van der Waals surface area (Å²) < 4.78 is 10.9. The summed E-state index contributed by atoms with van der Waals surface area (Å²) in [5.74, 6) is 1.45. The summed E-state index contributed by atoms with van der Waals surface area (Å²) >= 11 is 0. The lowest BCUT2D eigenvalue weighted by Crippen LogP contribution is -2.45. The predicted molar refractivity (Wildman–Crippen MR) is 135 cm³/mol. The van der Waals surface area contributed by atoms with E-state index in [1.165, 1.54) is 5.56 Å². The third-order valence-electron chi connectivity index (χ3n) is 6.99. The Hall–Kier alpha value is -3.19. The van der Waals surface area contributed by atoms with Gasteiger partial charge in [0.1, 0.15) is 0 Å². The van der Waals surface area contributed by atoms with E-state index in [1.54, 1.807) is 0 Å². The summed E-state index contributed by atoms with van der Waals surface area (Å²) in [5.41, 5.74) is 0.794. The molecule has 1 saturated heterocycles. The Labute approximate surface area is 206 Å². The van der Waals surface area contributed by atoms with Crippen molar-refractivity contribution in [2.24, 2.45) is 0 Å². The van der Waals surface area contributed by atoms with Crippen molar-refractivity contribution in [3.63, 3.8) is 0 Å². The molecule has 3 aromatic carbocycles. The first-order valence-electron chi connectivity index (χ1n) is 12.3. The largest absolute Gasteiger partial charge is 0.454 e. The molecule has 0 amide bonds. The van der Waals surface area contributed by atoms with Crippen molar-refractivity contribution < 1.29 is 19.4 Å². The van der Waals surface area contributed by atoms with E-state index < -0.39 is 5.60 Å². The predicted octanol–water partition coefficient (Wildman–Crippen LogP) is 3.47. The zero-order valence-electron chi connectivity index (χ0n) is 19.9. The fourth-order valence-electron chi connectivity index (χ4n) is 4.95. The van der Waals surface area contributed by atoms with Gasteiger partial charge >= 0.3 is 0 Å². The molecule has 0 unspecified atom stereocenters. The van der Waals surface area contributed by atoms with Gasteiger partial charge in [-0.15, -0.1) is 0 Å². The fourth-order valence-corrected chi connectivity index (χ4v) is 4.95. The van der Waals surface area contributed by atoms with Crippen molar-refractivity contribution in [2.45, 2.75) is 18.4 Å². The minimum atomic E-state index is -1.66. The topological polar surface area (TPSA) is 62.2 Å². The van der Waals surface area contributed by atoms with E-state index in [0.717, 1.165) is 57.1 Å². The Bertz CT molecular complexity index is 1100. The molecule has 0 saturated carbocycles. The maximum atomic E-state index is 13.6. The van der Waals surface area contributed by atoms with Crippen LogP contribution in [0, 0.1) is 0 Å². The molecule has 6 heteroatoms. The van der Waals surface area contributed by atoms with Gasteiger partial charge in [0, 0.05) is 19.6 Å². The van der Waals surface area contributed by atoms with Gasteiger partial charge in [-0.3, -0.25) is 9.69 Å². The van der Waals surface area contributed by atoms with Gasteiger partial charge in [-0.25, -0.2) is 0 Å². The lowest BCUT2D eigenvalue weighted by molar-refractivity contribution is -0.135. The van der Waals surface area contributed by atoms with E-state index in [1.807, 2.05) is 66.7 Å². The molecule has 2 heterocycles. The summed E-state index contributed by atoms with van der Waals surface area (Å²) in [5, 5.41) is 11.7. The molecular weight excluding hydrogens is 440 g/mol. The van der Waals surface area contributed by atoms with E-state index in [9.17, 15) is 9.90 Å². The number of rotatable bonds is 8. The molecular formula is C29H32N2O4. The monoisotopic (exact) mass is 472 g/mol. The van der Waals surface area contributed by atoms with Gasteiger partial charge < -0.3 is 19.5 Å². The highest BCUT2D eigenvalue weighted by Gasteiger charge is 2.40. The molecule has 0 spiro atoms. The molecule has 1 N–H and O–H groups in total. The Morgan fingerprint density at radius 1 is 0.800 bits per heavy atom. The lowest BCUT2D eigenvalue weighted by atomic mass is 9.82. The van der Waals surface area contributed by atoms with Gasteiger partial charge in [0.2, 0.25) is 6.79 Å². The molecule has 6 nitrogen and oxygen atoms in total. The summed E-state index contributed by atoms with van der Waals surface area (Å²) in [6, 6.07) is 24.7. The molecule has 0 bridgehead atoms. The second-order valence-electron chi connectivity index (χ2n) is 9.27. The average molecular weight is 473 g/mol. The van der Waals surface area contributed by atoms with Crippen LogP contribution < -0.4 is 9.47 Å². The van der Waals surface area contributed by atoms with Crippen LogP contribution in [0.5, 0.6) is 11.5 Å². The molecule has 0 aromatic heterocycles. The van der Waals surface area contributed by atoms with E-state index >= 15 is 0 Å². The van der Waals surface area contributed by atoms with Gasteiger partial charge in [-0.1, -0.05) is 66.7 Å². The Kier molecular flexibility index (Phi) is 7.13. The molecule has 35 heavy (non-hydrogen) atoms. The Balaban J connectivity index is 1.21. The van der Waals surface area contributed by atoms with Gasteiger partial charge in [0.25, 0.3) is 0 Å². The number of ketones is 1. The molecule has 3 aromatic rings. The standard InChI is InChI=1S/C29H32N2O4/c32-28(29(33,24-8-3-1-4-9-24)25-10-5-2-6-11-25)21-31-16-7-15-30(18-19-31)17-14-23-12-13-26-27(20-23)35-22-34-26/h1-6,8-13,20,33H,7,14-19,21-22H2. The van der Waals surface area contributed by atoms with Crippen LogP contribution >= 0.6 is 0 Å². The third kappa shape index (κ3) is 5.25. The molecule has 2 aliphatic rings. The SMILES string of the molecule is O=C(CN1CCCN(CCc2ccc3c(c2)OCO3)CC1)C(O)(c1ccccc1)c1ccccc1. The highest BCUT2D eigenvalue weighted by Crippen LogP contribution is 2.33. The van der Waals surface area contributed by atoms with Gasteiger partial charge in [0.15, 0.2) is 22.9 Å². The normalized spacial score (nSPS) is 16.7. The first-order valence-corrected chi connectivity index (χ1v) is 12.3. The molecule has 1 fully saturated rings. The minimum absolute atomic E-state index is 0.191. The number of benzene rings is 3. The number of nitrogens with zero attached hydrogens (tertiary/aromatic N) is 2. The summed E-state index contributed by atoms with van der Waals surface area (Å²) in [7, 11) is 0. The highest BCUT2D eigenvalue weighted by molar-refractivity contribution is 5.93. The molecule has 5 rings (SSSR count). The summed E-state index contributed by atoms with van der Waals surface area (Å²) in [6.07, 6.45) is 1.93. The summed E-state index contributed by atoms with van der Waals surface area (Å²) in [4.78, 5) is 18.2. The molecule has 0 radical (unpaired) electrons. The van der Waals surface area contributed by atoms with Gasteiger partial charge in [-0.2, -0.15) is 0 Å². The Morgan fingerprint density at radius 3 is 2.14 bits per heavy atom. The van der Waals surface area contributed by atoms with Crippen LogP contribution in [0.25, 0.3) is 0 Å². The van der Waals surface area contributed by atoms with Crippen molar-refractivity contribution in [1.82, 2.24) is 9.80 Å². The number of ether oxygens (including phenoxy) is 2. The number of carbonyl (C=O) groups excluding carboxylic acids is 1. The van der Waals surface area contributed by atoms with Crippen LogP contribution in [-0.4, -0.2) is 66.8 Å². The van der Waals surface area contributed by atoms with Gasteiger partial charge in [0.05, 0.1) is 6.54 Å². The number of fused-ring (bicyclic) bond motifs is 1. The number of carbonyl (C=O) groups is 1. The molecule has 182 valence electrons. The van der Waals surface area contributed by atoms with Crippen LogP contribution in [-0.2, 0) is 16.8 Å². The van der Waals surface area contributed by atoms with Crippen LogP contribution in [0.2, 0.25) is 0 Å². The van der Waals surface area contributed by atoms with Crippen LogP contribution in [0.1, 0.15) is 23.1 Å². The molecule has 2 aliphatic heterocycles. The third-order valence-corrected chi connectivity index (χ3v) is 6.99. The van der Waals surface area contributed by atoms with E-state index in [2.05, 4.69) is 21.9 Å². The van der Waals surface area contributed by atoms with Gasteiger partial charge in [-0.05, 0) is 54.8 Å². The van der Waals surface area contributed by atoms with E-state index in [4.69, 9.17) is 9.47 Å². The second kappa shape index (κ2) is 10.6. The first kappa shape index (κ1) is 23.5. The van der Waals surface area contributed by atoms with Crippen LogP contribution in [0.15, 0.2) is 78.9 Å². The van der Waals surface area contributed by atoms with E-state index in [0.29, 0.717) is 17.9 Å². The van der Waals surface area contributed by atoms with Crippen molar-refractivity contribution in [2.75, 3.05) is 46.1 Å². The highest BCUT2D eigenvalue weighted by atomic mass is 16.7. The van der Waals surface area contributed by atoms with Crippen molar-refractivity contribution in [1.29, 1.82) is 0 Å². The minimum Gasteiger partial charge on any atom is -0.454 e. The quantitative estimate of drug-likeness (QED) is 0.542. The first-order chi connectivity index (χ1) is 17.1. The maximum Gasteiger partial charge on any atom is 0.231 e. The van der Waals surface area contributed by atoms with Crippen LogP contribution in [0.3, 0.4) is 0 Å². The number of aliphatic hydroxyl groups is 1. The Morgan fingerprint density at radius 2 is 1.43 bits per heavy atom. The van der Waals surface area contributed by atoms with Crippen molar-refractivity contribution >= 4 is 5.78 Å². The second-order valence-corrected chi connectivity index (χ2v) is 9.27. The zero-order chi connectivity index (χ0) is 24.1. The summed E-state index contributed by atoms with van der Waals surface area (Å²) in [6.45, 7) is 5.00. The van der Waals surface area contributed by atoms with Crippen LogP contribution in [0.4, 0.5) is 0 Å². The lowest BCUT2D eigenvalue weighted by Gasteiger charge is -2.30. The number of hydrogen-bond acceptors (Lipinski definition) is 6.